The van der Waals surface area contributed by atoms with Gasteiger partial charge in [-0.05, 0) is 82.7 Å². The minimum Gasteiger partial charge on any atom is -0.459 e. The van der Waals surface area contributed by atoms with Crippen molar-refractivity contribution in [2.45, 2.75) is 166 Å². The fourth-order valence-electron chi connectivity index (χ4n) is 6.43. The van der Waals surface area contributed by atoms with Crippen LogP contribution in [0.4, 0.5) is 0 Å². The highest BCUT2D eigenvalue weighted by atomic mass is 16.8. The Bertz CT molecular complexity index is 1120. The molecule has 238 valence electrons. The Morgan fingerprint density at radius 2 is 1.02 bits per heavy atom. The largest absolute Gasteiger partial charge is 0.459 e. The molecule has 0 aliphatic carbocycles. The van der Waals surface area contributed by atoms with Crippen LogP contribution in [-0.4, -0.2) is 0 Å². The molecule has 0 amide bonds. The molecule has 2 aliphatic rings. The fourth-order valence-corrected chi connectivity index (χ4v) is 6.43. The standard InChI is InChI=1S/C35H52O3.2C2H6/c1-11-13-15-35(9,10)21-25-17-27(23(5)6)31-29(19-25)33-36-30-26(22(3)4)16-24(20-34(7,8)14-12-2)18-28(30)32(37-31)38-33;2*1-2/h16-19,22-23,32-33H,11-15,20-21H2,1-10H3;2*1-2H3. The maximum absolute atomic E-state index is 6.74. The molecule has 2 atom stereocenters. The fraction of sp³-hybridized carbons (Fsp3) is 0.692. The Morgan fingerprint density at radius 3 is 1.38 bits per heavy atom. The van der Waals surface area contributed by atoms with Crippen LogP contribution in [0.15, 0.2) is 24.3 Å². The van der Waals surface area contributed by atoms with E-state index < -0.39 is 12.6 Å². The summed E-state index contributed by atoms with van der Waals surface area (Å²) in [5.41, 5.74) is 7.81. The first-order valence-corrected chi connectivity index (χ1v) is 17.2. The van der Waals surface area contributed by atoms with Crippen molar-refractivity contribution in [3.8, 4) is 11.5 Å². The third-order valence-electron chi connectivity index (χ3n) is 8.36. The average Bonchev–Trinajstić information content (AvgIpc) is 2.93. The Hall–Kier alpha value is -2.00. The van der Waals surface area contributed by atoms with Crippen LogP contribution in [0.3, 0.4) is 0 Å². The van der Waals surface area contributed by atoms with Gasteiger partial charge in [-0.3, -0.25) is 4.74 Å². The normalized spacial score (nSPS) is 17.2. The van der Waals surface area contributed by atoms with Crippen molar-refractivity contribution < 1.29 is 14.2 Å². The Balaban J connectivity index is 0.00000148. The molecule has 0 spiro atoms. The molecule has 4 rings (SSSR count). The SMILES string of the molecule is CC.CC.CCCCC(C)(C)Cc1cc(C(C)C)c2c(c1)C1Oc3c(C(C)C)cc(CC(C)(C)CCC)cc3C(O2)O1. The highest BCUT2D eigenvalue weighted by Crippen LogP contribution is 2.52. The molecule has 2 aromatic carbocycles. The predicted molar refractivity (Wildman–Crippen MR) is 181 cm³/mol. The van der Waals surface area contributed by atoms with Gasteiger partial charge in [0.2, 0.25) is 12.6 Å². The predicted octanol–water partition coefficient (Wildman–Crippen LogP) is 12.6. The van der Waals surface area contributed by atoms with Crippen LogP contribution in [0.1, 0.15) is 187 Å². The zero-order valence-corrected chi connectivity index (χ0v) is 29.8. The molecule has 0 radical (unpaired) electrons. The minimum atomic E-state index is -0.438. The van der Waals surface area contributed by atoms with Gasteiger partial charge >= 0.3 is 0 Å². The van der Waals surface area contributed by atoms with Gasteiger partial charge in [0.05, 0.1) is 11.1 Å². The number of hydrogen-bond donors (Lipinski definition) is 0. The van der Waals surface area contributed by atoms with E-state index in [0.29, 0.717) is 11.8 Å². The quantitative estimate of drug-likeness (QED) is 0.264. The molecule has 2 aliphatic heterocycles. The highest BCUT2D eigenvalue weighted by molar-refractivity contribution is 5.53. The number of hydrogen-bond acceptors (Lipinski definition) is 3. The van der Waals surface area contributed by atoms with E-state index in [4.69, 9.17) is 14.2 Å². The van der Waals surface area contributed by atoms with Crippen LogP contribution in [0.2, 0.25) is 0 Å². The van der Waals surface area contributed by atoms with Crippen LogP contribution in [0.5, 0.6) is 11.5 Å². The van der Waals surface area contributed by atoms with E-state index in [9.17, 15) is 0 Å². The van der Waals surface area contributed by atoms with Crippen molar-refractivity contribution in [2.24, 2.45) is 10.8 Å². The molecule has 0 aromatic heterocycles. The topological polar surface area (TPSA) is 27.7 Å². The second-order valence-corrected chi connectivity index (χ2v) is 14.1. The zero-order valence-electron chi connectivity index (χ0n) is 29.8. The van der Waals surface area contributed by atoms with Gasteiger partial charge in [0, 0.05) is 0 Å². The van der Waals surface area contributed by atoms with Crippen molar-refractivity contribution >= 4 is 0 Å². The second kappa shape index (κ2) is 15.6. The number of rotatable bonds is 11. The molecular weight excluding hydrogens is 516 g/mol. The van der Waals surface area contributed by atoms with Crippen LogP contribution >= 0.6 is 0 Å². The molecule has 0 N–H and O–H groups in total. The van der Waals surface area contributed by atoms with E-state index in [2.05, 4.69) is 93.5 Å². The molecule has 0 fully saturated rings. The summed E-state index contributed by atoms with van der Waals surface area (Å²) < 4.78 is 20.0. The number of ether oxygens (including phenoxy) is 3. The van der Waals surface area contributed by atoms with Crippen molar-refractivity contribution in [1.82, 2.24) is 0 Å². The van der Waals surface area contributed by atoms with Crippen molar-refractivity contribution in [2.75, 3.05) is 0 Å². The van der Waals surface area contributed by atoms with Gasteiger partial charge in [-0.25, -0.2) is 0 Å². The van der Waals surface area contributed by atoms with E-state index in [-0.39, 0.29) is 10.8 Å². The first kappa shape index (κ1) is 36.2. The summed E-state index contributed by atoms with van der Waals surface area (Å²) in [5.74, 6) is 2.63. The third kappa shape index (κ3) is 8.77. The van der Waals surface area contributed by atoms with Crippen molar-refractivity contribution in [3.05, 3.63) is 57.6 Å². The summed E-state index contributed by atoms with van der Waals surface area (Å²) in [6.07, 6.45) is 7.34. The summed E-state index contributed by atoms with van der Waals surface area (Å²) in [5, 5.41) is 0. The van der Waals surface area contributed by atoms with Crippen molar-refractivity contribution in [1.29, 1.82) is 0 Å². The maximum atomic E-state index is 6.74. The first-order chi connectivity index (χ1) is 19.8. The molecule has 2 heterocycles. The van der Waals surface area contributed by atoms with E-state index in [1.54, 1.807) is 0 Å². The summed E-state index contributed by atoms with van der Waals surface area (Å²) in [6, 6.07) is 9.32. The summed E-state index contributed by atoms with van der Waals surface area (Å²) in [4.78, 5) is 0. The Kier molecular flexibility index (Phi) is 13.5. The third-order valence-corrected chi connectivity index (χ3v) is 8.36. The van der Waals surface area contributed by atoms with Gasteiger partial charge in [-0.2, -0.15) is 0 Å². The lowest BCUT2D eigenvalue weighted by molar-refractivity contribution is -0.228. The minimum absolute atomic E-state index is 0.252. The monoisotopic (exact) mass is 580 g/mol. The Morgan fingerprint density at radius 1 is 0.619 bits per heavy atom. The average molecular weight is 581 g/mol. The van der Waals surface area contributed by atoms with Gasteiger partial charge in [-0.1, -0.05) is 128 Å². The smallest absolute Gasteiger partial charge is 0.233 e. The molecular formula is C39H64O3. The van der Waals surface area contributed by atoms with Gasteiger partial charge < -0.3 is 9.47 Å². The highest BCUT2D eigenvalue weighted by Gasteiger charge is 2.41. The molecule has 3 nitrogen and oxygen atoms in total. The molecule has 2 unspecified atom stereocenters. The number of unbranched alkanes of at least 4 members (excludes halogenated alkanes) is 1. The first-order valence-electron chi connectivity index (χ1n) is 17.2. The number of fused-ring (bicyclic) bond motifs is 6. The van der Waals surface area contributed by atoms with Gasteiger partial charge in [0.25, 0.3) is 0 Å². The molecule has 3 heteroatoms. The lowest BCUT2D eigenvalue weighted by Gasteiger charge is -2.41. The van der Waals surface area contributed by atoms with E-state index >= 15 is 0 Å². The summed E-state index contributed by atoms with van der Waals surface area (Å²) in [6.45, 7) is 31.1. The molecule has 0 saturated carbocycles. The van der Waals surface area contributed by atoms with Gasteiger partial charge in [-0.15, -0.1) is 0 Å². The van der Waals surface area contributed by atoms with Gasteiger partial charge in [0.1, 0.15) is 11.5 Å². The second-order valence-electron chi connectivity index (χ2n) is 14.1. The Labute approximate surface area is 260 Å². The van der Waals surface area contributed by atoms with Crippen molar-refractivity contribution in [3.63, 3.8) is 0 Å². The van der Waals surface area contributed by atoms with Crippen LogP contribution in [0.25, 0.3) is 0 Å². The molecule has 2 aromatic rings. The molecule has 0 saturated heterocycles. The van der Waals surface area contributed by atoms with E-state index in [0.717, 1.165) is 35.5 Å². The maximum Gasteiger partial charge on any atom is 0.233 e. The number of benzene rings is 2. The zero-order chi connectivity index (χ0) is 31.8. The van der Waals surface area contributed by atoms with Crippen LogP contribution in [-0.2, 0) is 17.6 Å². The molecule has 42 heavy (non-hydrogen) atoms. The molecule has 2 bridgehead atoms. The summed E-state index contributed by atoms with van der Waals surface area (Å²) in [7, 11) is 0. The van der Waals surface area contributed by atoms with E-state index in [1.165, 1.54) is 54.4 Å². The lowest BCUT2D eigenvalue weighted by atomic mass is 9.80. The van der Waals surface area contributed by atoms with Crippen LogP contribution in [0, 0.1) is 10.8 Å². The lowest BCUT2D eigenvalue weighted by Crippen LogP contribution is -2.32. The van der Waals surface area contributed by atoms with Crippen LogP contribution < -0.4 is 9.47 Å². The van der Waals surface area contributed by atoms with E-state index in [1.807, 2.05) is 27.7 Å². The van der Waals surface area contributed by atoms with Gasteiger partial charge in [0.15, 0.2) is 0 Å². The summed E-state index contributed by atoms with van der Waals surface area (Å²) >= 11 is 0.